The Morgan fingerprint density at radius 3 is 1.89 bits per heavy atom. The van der Waals surface area contributed by atoms with Gasteiger partial charge in [0.15, 0.2) is 0 Å². The molecule has 0 aliphatic carbocycles. The number of carboxylic acid groups (broad SMARTS) is 1. The number of aliphatic hydroxyl groups excluding tert-OH is 1. The molecule has 3 nitrogen and oxygen atoms in total. The van der Waals surface area contributed by atoms with E-state index in [4.69, 9.17) is 15.0 Å². The maximum absolute atomic E-state index is 9.00. The first kappa shape index (κ1) is 11.7. The van der Waals surface area contributed by atoms with Crippen molar-refractivity contribution in [3.63, 3.8) is 0 Å². The lowest BCUT2D eigenvalue weighted by atomic mass is 10.7. The van der Waals surface area contributed by atoms with Crippen molar-refractivity contribution in [2.24, 2.45) is 0 Å². The van der Waals surface area contributed by atoms with Crippen LogP contribution in [0.15, 0.2) is 10.2 Å². The van der Waals surface area contributed by atoms with Crippen LogP contribution in [0.25, 0.3) is 0 Å². The van der Waals surface area contributed by atoms with Crippen LogP contribution >= 0.6 is 22.6 Å². The molecule has 4 heteroatoms. The summed E-state index contributed by atoms with van der Waals surface area (Å²) < 4.78 is 0.780. The highest BCUT2D eigenvalue weighted by Gasteiger charge is 1.71. The third-order valence-electron chi connectivity index (χ3n) is 0.172. The SMILES string of the molecule is C=C(I)CO.CC(=O)O. The fourth-order valence-electron chi connectivity index (χ4n) is 0. The molecular weight excluding hydrogens is 235 g/mol. The first-order chi connectivity index (χ1) is 4.00. The van der Waals surface area contributed by atoms with Gasteiger partial charge in [-0.3, -0.25) is 4.79 Å². The van der Waals surface area contributed by atoms with Gasteiger partial charge in [-0.25, -0.2) is 0 Å². The fourth-order valence-corrected chi connectivity index (χ4v) is 0. The van der Waals surface area contributed by atoms with Gasteiger partial charge in [0.2, 0.25) is 0 Å². The van der Waals surface area contributed by atoms with Crippen LogP contribution in [0.1, 0.15) is 6.92 Å². The molecule has 54 valence electrons. The monoisotopic (exact) mass is 244 g/mol. The minimum Gasteiger partial charge on any atom is -0.481 e. The van der Waals surface area contributed by atoms with Crippen LogP contribution < -0.4 is 0 Å². The van der Waals surface area contributed by atoms with Gasteiger partial charge in [-0.05, 0) is 22.6 Å². The molecule has 0 aliphatic heterocycles. The van der Waals surface area contributed by atoms with Crippen molar-refractivity contribution < 1.29 is 15.0 Å². The minimum absolute atomic E-state index is 0.0978. The molecule has 9 heavy (non-hydrogen) atoms. The lowest BCUT2D eigenvalue weighted by Crippen LogP contribution is -1.78. The first-order valence-corrected chi connectivity index (χ1v) is 3.22. The van der Waals surface area contributed by atoms with E-state index in [0.29, 0.717) is 0 Å². The van der Waals surface area contributed by atoms with E-state index >= 15 is 0 Å². The van der Waals surface area contributed by atoms with Crippen LogP contribution in [0.4, 0.5) is 0 Å². The predicted molar refractivity (Wildman–Crippen MR) is 43.6 cm³/mol. The van der Waals surface area contributed by atoms with Crippen LogP contribution in [0.5, 0.6) is 0 Å². The van der Waals surface area contributed by atoms with Crippen LogP contribution in [0, 0.1) is 0 Å². The summed E-state index contributed by atoms with van der Waals surface area (Å²) in [7, 11) is 0. The van der Waals surface area contributed by atoms with E-state index in [-0.39, 0.29) is 6.61 Å². The van der Waals surface area contributed by atoms with Crippen LogP contribution in [-0.2, 0) is 4.79 Å². The smallest absolute Gasteiger partial charge is 0.300 e. The molecule has 0 unspecified atom stereocenters. The van der Waals surface area contributed by atoms with Gasteiger partial charge in [0.25, 0.3) is 5.97 Å². The van der Waals surface area contributed by atoms with E-state index in [1.807, 2.05) is 22.6 Å². The maximum Gasteiger partial charge on any atom is 0.300 e. The molecule has 0 saturated carbocycles. The number of carbonyl (C=O) groups is 1. The molecule has 2 N–H and O–H groups in total. The Morgan fingerprint density at radius 2 is 1.89 bits per heavy atom. The average molecular weight is 244 g/mol. The van der Waals surface area contributed by atoms with Gasteiger partial charge >= 0.3 is 0 Å². The molecule has 0 radical (unpaired) electrons. The van der Waals surface area contributed by atoms with Crippen molar-refractivity contribution in [2.45, 2.75) is 6.92 Å². The van der Waals surface area contributed by atoms with Gasteiger partial charge in [-0.15, -0.1) is 0 Å². The number of hydrogen-bond donors (Lipinski definition) is 2. The van der Waals surface area contributed by atoms with E-state index < -0.39 is 5.97 Å². The highest BCUT2D eigenvalue weighted by Crippen LogP contribution is 1.96. The molecule has 0 bridgehead atoms. The van der Waals surface area contributed by atoms with Crippen molar-refractivity contribution in [2.75, 3.05) is 6.61 Å². The Morgan fingerprint density at radius 1 is 1.78 bits per heavy atom. The molecule has 0 atom stereocenters. The average Bonchev–Trinajstić information content (AvgIpc) is 1.65. The van der Waals surface area contributed by atoms with Gasteiger partial charge in [0.05, 0.1) is 6.61 Å². The van der Waals surface area contributed by atoms with Gasteiger partial charge < -0.3 is 10.2 Å². The van der Waals surface area contributed by atoms with E-state index in [9.17, 15) is 0 Å². The summed E-state index contributed by atoms with van der Waals surface area (Å²) in [5.74, 6) is -0.833. The summed E-state index contributed by atoms with van der Waals surface area (Å²) in [6.45, 7) is 4.59. The summed E-state index contributed by atoms with van der Waals surface area (Å²) in [6.07, 6.45) is 0. The normalized spacial score (nSPS) is 7.00. The Bertz CT molecular complexity index is 96.4. The van der Waals surface area contributed by atoms with Gasteiger partial charge in [-0.1, -0.05) is 6.58 Å². The third-order valence-corrected chi connectivity index (χ3v) is 0.513. The van der Waals surface area contributed by atoms with Gasteiger partial charge in [0.1, 0.15) is 0 Å². The molecule has 0 rings (SSSR count). The Hall–Kier alpha value is -0.100. The number of aliphatic carboxylic acids is 1. The van der Waals surface area contributed by atoms with Crippen molar-refractivity contribution in [1.29, 1.82) is 0 Å². The van der Waals surface area contributed by atoms with Crippen molar-refractivity contribution in [1.82, 2.24) is 0 Å². The van der Waals surface area contributed by atoms with Gasteiger partial charge in [-0.2, -0.15) is 0 Å². The number of hydrogen-bond acceptors (Lipinski definition) is 2. The van der Waals surface area contributed by atoms with E-state index in [1.165, 1.54) is 0 Å². The Labute approximate surface area is 67.5 Å². The lowest BCUT2D eigenvalue weighted by Gasteiger charge is -1.77. The molecule has 0 amide bonds. The van der Waals surface area contributed by atoms with E-state index in [0.717, 1.165) is 10.5 Å². The highest BCUT2D eigenvalue weighted by molar-refractivity contribution is 14.1. The predicted octanol–water partition coefficient (Wildman–Crippen LogP) is 1.02. The summed E-state index contributed by atoms with van der Waals surface area (Å²) >= 11 is 1.96. The lowest BCUT2D eigenvalue weighted by molar-refractivity contribution is -0.134. The zero-order valence-corrected chi connectivity index (χ0v) is 7.25. The largest absolute Gasteiger partial charge is 0.481 e. The second kappa shape index (κ2) is 7.90. The standard InChI is InChI=1S/C3H5IO.C2H4O2/c1-3(4)2-5;1-2(3)4/h5H,1-2H2;1H3,(H,3,4). The third kappa shape index (κ3) is 76.2. The number of halogens is 1. The topological polar surface area (TPSA) is 57.5 Å². The first-order valence-electron chi connectivity index (χ1n) is 2.14. The molecule has 0 aromatic rings. The molecule has 0 fully saturated rings. The zero-order chi connectivity index (χ0) is 7.86. The number of aliphatic hydroxyl groups is 1. The van der Waals surface area contributed by atoms with Gasteiger partial charge in [0, 0.05) is 10.5 Å². The Kier molecular flexibility index (Phi) is 10.2. The second-order valence-corrected chi connectivity index (χ2v) is 2.72. The summed E-state index contributed by atoms with van der Waals surface area (Å²) in [6, 6.07) is 0. The molecule has 0 heterocycles. The van der Waals surface area contributed by atoms with Crippen LogP contribution in [-0.4, -0.2) is 22.8 Å². The molecule has 0 spiro atoms. The zero-order valence-electron chi connectivity index (χ0n) is 5.09. The number of rotatable bonds is 1. The molecule has 0 aromatic heterocycles. The Balaban J connectivity index is 0. The van der Waals surface area contributed by atoms with Crippen molar-refractivity contribution >= 4 is 28.6 Å². The molecule has 0 aliphatic rings. The maximum atomic E-state index is 9.00. The van der Waals surface area contributed by atoms with E-state index in [2.05, 4.69) is 6.58 Å². The highest BCUT2D eigenvalue weighted by atomic mass is 127. The number of carboxylic acids is 1. The van der Waals surface area contributed by atoms with Crippen molar-refractivity contribution in [3.05, 3.63) is 10.2 Å². The van der Waals surface area contributed by atoms with Crippen molar-refractivity contribution in [3.8, 4) is 0 Å². The van der Waals surface area contributed by atoms with Crippen LogP contribution in [0.2, 0.25) is 0 Å². The fraction of sp³-hybridized carbons (Fsp3) is 0.400. The summed E-state index contributed by atoms with van der Waals surface area (Å²) in [4.78, 5) is 9.00. The summed E-state index contributed by atoms with van der Waals surface area (Å²) in [5.41, 5.74) is 0. The van der Waals surface area contributed by atoms with E-state index in [1.54, 1.807) is 0 Å². The minimum atomic E-state index is -0.833. The summed E-state index contributed by atoms with van der Waals surface area (Å²) in [5, 5.41) is 15.5. The molecule has 0 saturated heterocycles. The van der Waals surface area contributed by atoms with Crippen LogP contribution in [0.3, 0.4) is 0 Å². The molecular formula is C5H9IO3. The second-order valence-electron chi connectivity index (χ2n) is 1.19. The quantitative estimate of drug-likeness (QED) is 0.677. The molecule has 0 aromatic carbocycles.